The second-order valence-electron chi connectivity index (χ2n) is 16.7. The van der Waals surface area contributed by atoms with Crippen LogP contribution in [0.4, 0.5) is 0 Å². The molecular formula is C55H40N4S. The predicted octanol–water partition coefficient (Wildman–Crippen LogP) is 14.6. The molecule has 0 radical (unpaired) electrons. The second kappa shape index (κ2) is 14.2. The Morgan fingerprint density at radius 1 is 0.433 bits per heavy atom. The van der Waals surface area contributed by atoms with Gasteiger partial charge in [-0.05, 0) is 96.2 Å². The summed E-state index contributed by atoms with van der Waals surface area (Å²) in [7, 11) is 0. The van der Waals surface area contributed by atoms with Crippen LogP contribution in [0.15, 0.2) is 176 Å². The average Bonchev–Trinajstić information content (AvgIpc) is 4.06. The lowest BCUT2D eigenvalue weighted by atomic mass is 9.77. The highest BCUT2D eigenvalue weighted by Gasteiger charge is 2.45. The normalized spacial score (nSPS) is 17.2. The molecule has 2 aliphatic rings. The van der Waals surface area contributed by atoms with Crippen LogP contribution < -0.4 is 0 Å². The Kier molecular flexibility index (Phi) is 8.31. The first-order chi connectivity index (χ1) is 29.6. The molecule has 60 heavy (non-hydrogen) atoms. The Bertz CT molecular complexity index is 3250. The summed E-state index contributed by atoms with van der Waals surface area (Å²) < 4.78 is 2.53. The highest BCUT2D eigenvalue weighted by atomic mass is 32.1. The molecule has 0 atom stereocenters. The molecule has 2 saturated carbocycles. The van der Waals surface area contributed by atoms with Gasteiger partial charge in [-0.25, -0.2) is 19.9 Å². The van der Waals surface area contributed by atoms with Crippen molar-refractivity contribution < 1.29 is 0 Å². The van der Waals surface area contributed by atoms with Gasteiger partial charge in [0.05, 0.1) is 22.8 Å². The van der Waals surface area contributed by atoms with Gasteiger partial charge in [-0.2, -0.15) is 0 Å². The number of benzene rings is 7. The molecule has 5 heteroatoms. The summed E-state index contributed by atoms with van der Waals surface area (Å²) in [5, 5.41) is 4.71. The molecule has 286 valence electrons. The molecule has 3 heterocycles. The average molecular weight is 789 g/mol. The number of thiophene rings is 1. The first-order valence-electron chi connectivity index (χ1n) is 21.1. The van der Waals surface area contributed by atoms with Gasteiger partial charge < -0.3 is 0 Å². The molecule has 0 saturated heterocycles. The van der Waals surface area contributed by atoms with Crippen molar-refractivity contribution in [3.63, 3.8) is 0 Å². The first kappa shape index (κ1) is 35.2. The van der Waals surface area contributed by atoms with Crippen LogP contribution in [-0.4, -0.2) is 19.9 Å². The molecule has 0 N–H and O–H groups in total. The van der Waals surface area contributed by atoms with Gasteiger partial charge in [-0.3, -0.25) is 0 Å². The lowest BCUT2D eigenvalue weighted by molar-refractivity contribution is 0.419. The van der Waals surface area contributed by atoms with Gasteiger partial charge in [-0.1, -0.05) is 140 Å². The second-order valence-corrected chi connectivity index (χ2v) is 17.8. The minimum Gasteiger partial charge on any atom is -0.228 e. The van der Waals surface area contributed by atoms with E-state index in [9.17, 15) is 0 Å². The zero-order chi connectivity index (χ0) is 39.6. The van der Waals surface area contributed by atoms with E-state index in [0.717, 1.165) is 78.7 Å². The number of rotatable bonds is 7. The van der Waals surface area contributed by atoms with Crippen molar-refractivity contribution in [1.82, 2.24) is 19.9 Å². The number of nitrogens with zero attached hydrogens (tertiary/aromatic N) is 4. The van der Waals surface area contributed by atoms with Crippen LogP contribution in [0.2, 0.25) is 0 Å². The molecule has 10 aromatic rings. The topological polar surface area (TPSA) is 51.6 Å². The Hall–Kier alpha value is -6.82. The molecule has 3 aromatic heterocycles. The molecule has 4 nitrogen and oxygen atoms in total. The summed E-state index contributed by atoms with van der Waals surface area (Å²) in [5.74, 6) is 2.31. The standard InChI is InChI=1S/C55H40N4S/c1-3-12-36(13-4-1)46-32-49(44-21-11-23-51-52(44)45-19-7-8-22-50(45)60-51)59-54(56-46)40-24-25-42-38(30-40)16-10-20-43(42)48-33-47(57-53(58-48)37-14-5-2-6-15-37)39-17-9-18-41(31-39)55-28-26-35(34-55)27-29-55/h1-25,30-33,35H,26-29,34H2. The zero-order valence-electron chi connectivity index (χ0n) is 33.1. The Morgan fingerprint density at radius 2 is 1.05 bits per heavy atom. The fourth-order valence-corrected chi connectivity index (χ4v) is 11.3. The van der Waals surface area contributed by atoms with E-state index >= 15 is 0 Å². The van der Waals surface area contributed by atoms with E-state index in [0.29, 0.717) is 11.2 Å². The molecule has 0 aliphatic heterocycles. The summed E-state index contributed by atoms with van der Waals surface area (Å²) in [4.78, 5) is 21.1. The zero-order valence-corrected chi connectivity index (χ0v) is 33.9. The summed E-state index contributed by atoms with van der Waals surface area (Å²) >= 11 is 1.83. The SMILES string of the molecule is c1ccc(-c2cc(-c3cccc4sc5ccccc5c34)nc(-c3ccc4c(-c5cc(-c6cccc(C78CCC(CC7)C8)c6)nc(-c6ccccc6)n5)cccc4c3)n2)cc1. The van der Waals surface area contributed by atoms with Crippen molar-refractivity contribution in [2.45, 2.75) is 37.5 Å². The van der Waals surface area contributed by atoms with Crippen LogP contribution in [0.25, 0.3) is 98.7 Å². The third-order valence-electron chi connectivity index (χ3n) is 13.2. The van der Waals surface area contributed by atoms with Gasteiger partial charge in [-0.15, -0.1) is 11.3 Å². The Morgan fingerprint density at radius 3 is 1.83 bits per heavy atom. The van der Waals surface area contributed by atoms with Crippen LogP contribution in [0.3, 0.4) is 0 Å². The van der Waals surface area contributed by atoms with Crippen LogP contribution in [-0.2, 0) is 5.41 Å². The molecular weight excluding hydrogens is 749 g/mol. The monoisotopic (exact) mass is 788 g/mol. The number of hydrogen-bond donors (Lipinski definition) is 0. The van der Waals surface area contributed by atoms with E-state index in [2.05, 4.69) is 164 Å². The van der Waals surface area contributed by atoms with Crippen LogP contribution in [0.5, 0.6) is 0 Å². The molecule has 2 aliphatic carbocycles. The lowest BCUT2D eigenvalue weighted by Gasteiger charge is -2.27. The minimum absolute atomic E-state index is 0.322. The largest absolute Gasteiger partial charge is 0.228 e. The Labute approximate surface area is 353 Å². The highest BCUT2D eigenvalue weighted by molar-refractivity contribution is 7.25. The highest BCUT2D eigenvalue weighted by Crippen LogP contribution is 2.55. The molecule has 0 amide bonds. The molecule has 12 rings (SSSR count). The smallest absolute Gasteiger partial charge is 0.160 e. The van der Waals surface area contributed by atoms with Crippen LogP contribution >= 0.6 is 11.3 Å². The maximum Gasteiger partial charge on any atom is 0.160 e. The van der Waals surface area contributed by atoms with Gasteiger partial charge in [0.2, 0.25) is 0 Å². The molecule has 7 aromatic carbocycles. The fourth-order valence-electron chi connectivity index (χ4n) is 10.2. The van der Waals surface area contributed by atoms with Crippen molar-refractivity contribution in [2.75, 3.05) is 0 Å². The van der Waals surface area contributed by atoms with Crippen molar-refractivity contribution in [2.24, 2.45) is 5.92 Å². The lowest BCUT2D eigenvalue weighted by Crippen LogP contribution is -2.19. The van der Waals surface area contributed by atoms with Gasteiger partial charge in [0.15, 0.2) is 11.6 Å². The van der Waals surface area contributed by atoms with Crippen LogP contribution in [0.1, 0.15) is 37.7 Å². The maximum atomic E-state index is 5.34. The number of fused-ring (bicyclic) bond motifs is 6. The predicted molar refractivity (Wildman–Crippen MR) is 249 cm³/mol. The molecule has 0 spiro atoms. The number of aromatic nitrogens is 4. The third kappa shape index (κ3) is 6.03. The van der Waals surface area contributed by atoms with Crippen molar-refractivity contribution in [3.8, 4) is 67.8 Å². The van der Waals surface area contributed by atoms with Gasteiger partial charge in [0, 0.05) is 53.6 Å². The quantitative estimate of drug-likeness (QED) is 0.161. The van der Waals surface area contributed by atoms with Gasteiger partial charge in [0.25, 0.3) is 0 Å². The van der Waals surface area contributed by atoms with Crippen molar-refractivity contribution >= 4 is 42.3 Å². The van der Waals surface area contributed by atoms with Gasteiger partial charge >= 0.3 is 0 Å². The molecule has 2 fully saturated rings. The molecule has 0 unspecified atom stereocenters. The Balaban J connectivity index is 0.992. The van der Waals surface area contributed by atoms with E-state index in [-0.39, 0.29) is 0 Å². The van der Waals surface area contributed by atoms with Crippen LogP contribution in [0, 0.1) is 5.92 Å². The number of hydrogen-bond acceptors (Lipinski definition) is 5. The van der Waals surface area contributed by atoms with Crippen molar-refractivity contribution in [3.05, 3.63) is 181 Å². The summed E-state index contributed by atoms with van der Waals surface area (Å²) in [5.41, 5.74) is 11.8. The fraction of sp³-hybridized carbons (Fsp3) is 0.127. The maximum absolute atomic E-state index is 5.34. The summed E-state index contributed by atoms with van der Waals surface area (Å²) in [6.45, 7) is 0. The first-order valence-corrected chi connectivity index (χ1v) is 21.9. The van der Waals surface area contributed by atoms with E-state index in [1.807, 2.05) is 23.5 Å². The van der Waals surface area contributed by atoms with E-state index in [1.165, 1.54) is 57.8 Å². The molecule has 2 bridgehead atoms. The van der Waals surface area contributed by atoms with Crippen molar-refractivity contribution in [1.29, 1.82) is 0 Å². The van der Waals surface area contributed by atoms with E-state index < -0.39 is 0 Å². The minimum atomic E-state index is 0.322. The summed E-state index contributed by atoms with van der Waals surface area (Å²) in [6, 6.07) is 62.7. The summed E-state index contributed by atoms with van der Waals surface area (Å²) in [6.07, 6.45) is 6.64. The van der Waals surface area contributed by atoms with E-state index in [1.54, 1.807) is 0 Å². The van der Waals surface area contributed by atoms with Gasteiger partial charge in [0.1, 0.15) is 0 Å². The third-order valence-corrected chi connectivity index (χ3v) is 14.3. The van der Waals surface area contributed by atoms with E-state index in [4.69, 9.17) is 19.9 Å².